The largest absolute Gasteiger partial charge is 0.464 e. The topological polar surface area (TPSA) is 25.2 Å². The van der Waals surface area contributed by atoms with Crippen LogP contribution in [0.5, 0.6) is 0 Å². The van der Waals surface area contributed by atoms with Crippen LogP contribution in [0.15, 0.2) is 16.5 Å². The minimum atomic E-state index is 0.689. The highest BCUT2D eigenvalue weighted by Gasteiger charge is 2.53. The summed E-state index contributed by atoms with van der Waals surface area (Å²) < 4.78 is 5.75. The molecule has 2 aliphatic rings. The lowest BCUT2D eigenvalue weighted by Crippen LogP contribution is -2.24. The molecular formula is C14H21NOS. The van der Waals surface area contributed by atoms with Gasteiger partial charge in [0, 0.05) is 6.54 Å². The molecule has 2 nitrogen and oxygen atoms in total. The van der Waals surface area contributed by atoms with Crippen LogP contribution in [0.1, 0.15) is 37.2 Å². The maximum absolute atomic E-state index is 5.75. The Morgan fingerprint density at radius 1 is 1.35 bits per heavy atom. The van der Waals surface area contributed by atoms with Crippen molar-refractivity contribution in [2.24, 2.45) is 11.3 Å². The van der Waals surface area contributed by atoms with Crippen molar-refractivity contribution in [3.63, 3.8) is 0 Å². The average Bonchev–Trinajstić information content (AvgIpc) is 3.20. The van der Waals surface area contributed by atoms with Crippen LogP contribution < -0.4 is 5.32 Å². The summed E-state index contributed by atoms with van der Waals surface area (Å²) in [5.74, 6) is 4.20. The minimum Gasteiger partial charge on any atom is -0.464 e. The smallest absolute Gasteiger partial charge is 0.118 e. The van der Waals surface area contributed by atoms with E-state index in [-0.39, 0.29) is 0 Å². The third kappa shape index (κ3) is 2.71. The van der Waals surface area contributed by atoms with Crippen molar-refractivity contribution < 1.29 is 4.42 Å². The third-order valence-electron chi connectivity index (χ3n) is 4.12. The Kier molecular flexibility index (Phi) is 3.22. The fourth-order valence-electron chi connectivity index (χ4n) is 2.76. The Morgan fingerprint density at radius 3 is 2.76 bits per heavy atom. The van der Waals surface area contributed by atoms with Gasteiger partial charge in [0.2, 0.25) is 0 Å². The SMILES string of the molecule is CSCc1ccc(CNCC2(C3CC3)CC2)o1. The first-order valence-corrected chi connectivity index (χ1v) is 7.99. The van der Waals surface area contributed by atoms with Gasteiger partial charge in [-0.3, -0.25) is 0 Å². The molecular weight excluding hydrogens is 230 g/mol. The van der Waals surface area contributed by atoms with Gasteiger partial charge in [-0.25, -0.2) is 0 Å². The van der Waals surface area contributed by atoms with Crippen LogP contribution in [-0.2, 0) is 12.3 Å². The molecule has 94 valence electrons. The van der Waals surface area contributed by atoms with Gasteiger partial charge in [-0.1, -0.05) is 0 Å². The van der Waals surface area contributed by atoms with Crippen molar-refractivity contribution in [3.8, 4) is 0 Å². The summed E-state index contributed by atoms with van der Waals surface area (Å²) in [5, 5.41) is 3.58. The quantitative estimate of drug-likeness (QED) is 0.804. The second-order valence-corrected chi connectivity index (χ2v) is 6.41. The standard InChI is InChI=1S/C14H21NOS/c1-17-9-13-5-4-12(16-13)8-15-10-14(6-7-14)11-2-3-11/h4-5,11,15H,2-3,6-10H2,1H3. The predicted octanol–water partition coefficient (Wildman–Crippen LogP) is 3.42. The maximum atomic E-state index is 5.75. The zero-order valence-electron chi connectivity index (χ0n) is 10.5. The van der Waals surface area contributed by atoms with E-state index >= 15 is 0 Å². The van der Waals surface area contributed by atoms with Crippen LogP contribution in [0.2, 0.25) is 0 Å². The Labute approximate surface area is 108 Å². The molecule has 1 N–H and O–H groups in total. The van der Waals surface area contributed by atoms with Crippen LogP contribution in [0.3, 0.4) is 0 Å². The molecule has 2 fully saturated rings. The Hall–Kier alpha value is -0.410. The highest BCUT2D eigenvalue weighted by atomic mass is 32.2. The van der Waals surface area contributed by atoms with E-state index < -0.39 is 0 Å². The van der Waals surface area contributed by atoms with Gasteiger partial charge in [0.1, 0.15) is 11.5 Å². The van der Waals surface area contributed by atoms with Crippen molar-refractivity contribution >= 4 is 11.8 Å². The zero-order valence-corrected chi connectivity index (χ0v) is 11.3. The molecule has 0 aliphatic heterocycles. The van der Waals surface area contributed by atoms with Crippen LogP contribution in [-0.4, -0.2) is 12.8 Å². The molecule has 17 heavy (non-hydrogen) atoms. The Balaban J connectivity index is 1.44. The molecule has 0 spiro atoms. The van der Waals surface area contributed by atoms with Gasteiger partial charge in [0.25, 0.3) is 0 Å². The van der Waals surface area contributed by atoms with E-state index in [1.165, 1.54) is 32.2 Å². The lowest BCUT2D eigenvalue weighted by molar-refractivity contribution is 0.384. The van der Waals surface area contributed by atoms with Crippen molar-refractivity contribution in [3.05, 3.63) is 23.7 Å². The number of rotatable bonds is 7. The van der Waals surface area contributed by atoms with E-state index in [1.54, 1.807) is 11.8 Å². The lowest BCUT2D eigenvalue weighted by atomic mass is 10.0. The van der Waals surface area contributed by atoms with Crippen LogP contribution >= 0.6 is 11.8 Å². The van der Waals surface area contributed by atoms with Gasteiger partial charge in [0.15, 0.2) is 0 Å². The second-order valence-electron chi connectivity index (χ2n) is 5.54. The van der Waals surface area contributed by atoms with Crippen LogP contribution in [0, 0.1) is 11.3 Å². The monoisotopic (exact) mass is 251 g/mol. The number of furan rings is 1. The molecule has 0 atom stereocenters. The highest BCUT2D eigenvalue weighted by Crippen LogP contribution is 2.60. The molecule has 0 saturated heterocycles. The van der Waals surface area contributed by atoms with Gasteiger partial charge < -0.3 is 9.73 Å². The van der Waals surface area contributed by atoms with E-state index in [2.05, 4.69) is 23.7 Å². The second kappa shape index (κ2) is 4.69. The number of thioether (sulfide) groups is 1. The first-order valence-electron chi connectivity index (χ1n) is 6.60. The normalized spacial score (nSPS) is 21.7. The molecule has 0 radical (unpaired) electrons. The molecule has 0 unspecified atom stereocenters. The van der Waals surface area contributed by atoms with Gasteiger partial charge in [-0.05, 0) is 55.4 Å². The molecule has 1 aromatic heterocycles. The average molecular weight is 251 g/mol. The fraction of sp³-hybridized carbons (Fsp3) is 0.714. The molecule has 0 bridgehead atoms. The van der Waals surface area contributed by atoms with E-state index in [0.29, 0.717) is 5.41 Å². The summed E-state index contributed by atoms with van der Waals surface area (Å²) in [7, 11) is 0. The van der Waals surface area contributed by atoms with E-state index in [9.17, 15) is 0 Å². The summed E-state index contributed by atoms with van der Waals surface area (Å²) in [6.45, 7) is 2.08. The summed E-state index contributed by atoms with van der Waals surface area (Å²) in [5.41, 5.74) is 0.689. The molecule has 1 heterocycles. The first kappa shape index (κ1) is 11.7. The molecule has 2 saturated carbocycles. The summed E-state index contributed by atoms with van der Waals surface area (Å²) in [6, 6.07) is 4.20. The number of hydrogen-bond acceptors (Lipinski definition) is 3. The zero-order chi connectivity index (χ0) is 11.7. The van der Waals surface area contributed by atoms with E-state index in [0.717, 1.165) is 29.7 Å². The van der Waals surface area contributed by atoms with E-state index in [1.807, 2.05) is 0 Å². The Morgan fingerprint density at radius 2 is 2.12 bits per heavy atom. The third-order valence-corrected chi connectivity index (χ3v) is 4.69. The van der Waals surface area contributed by atoms with E-state index in [4.69, 9.17) is 4.42 Å². The first-order chi connectivity index (χ1) is 8.32. The van der Waals surface area contributed by atoms with Crippen molar-refractivity contribution in [1.82, 2.24) is 5.32 Å². The van der Waals surface area contributed by atoms with Crippen molar-refractivity contribution in [2.45, 2.75) is 38.0 Å². The van der Waals surface area contributed by atoms with Crippen molar-refractivity contribution in [1.29, 1.82) is 0 Å². The Bertz CT molecular complexity index is 379. The molecule has 1 aromatic rings. The van der Waals surface area contributed by atoms with Gasteiger partial charge in [0.05, 0.1) is 12.3 Å². The fourth-order valence-corrected chi connectivity index (χ4v) is 3.20. The van der Waals surface area contributed by atoms with Gasteiger partial charge in [-0.2, -0.15) is 11.8 Å². The molecule has 0 amide bonds. The number of nitrogens with one attached hydrogen (secondary N) is 1. The van der Waals surface area contributed by atoms with Crippen LogP contribution in [0.4, 0.5) is 0 Å². The molecule has 3 heteroatoms. The molecule has 2 aliphatic carbocycles. The van der Waals surface area contributed by atoms with Gasteiger partial charge in [-0.15, -0.1) is 0 Å². The van der Waals surface area contributed by atoms with Crippen molar-refractivity contribution in [2.75, 3.05) is 12.8 Å². The van der Waals surface area contributed by atoms with Crippen LogP contribution in [0.25, 0.3) is 0 Å². The highest BCUT2D eigenvalue weighted by molar-refractivity contribution is 7.97. The maximum Gasteiger partial charge on any atom is 0.118 e. The molecule has 0 aromatic carbocycles. The lowest BCUT2D eigenvalue weighted by Gasteiger charge is -2.14. The minimum absolute atomic E-state index is 0.689. The predicted molar refractivity (Wildman–Crippen MR) is 72.0 cm³/mol. The van der Waals surface area contributed by atoms with Gasteiger partial charge >= 0.3 is 0 Å². The number of hydrogen-bond donors (Lipinski definition) is 1. The summed E-state index contributed by atoms with van der Waals surface area (Å²) in [6.07, 6.45) is 7.94. The summed E-state index contributed by atoms with van der Waals surface area (Å²) in [4.78, 5) is 0. The molecule has 3 rings (SSSR count). The summed E-state index contributed by atoms with van der Waals surface area (Å²) >= 11 is 1.80.